The lowest BCUT2D eigenvalue weighted by Crippen LogP contribution is -2.22. The Morgan fingerprint density at radius 3 is 2.33 bits per heavy atom. The van der Waals surface area contributed by atoms with E-state index in [1.54, 1.807) is 18.2 Å². The number of ether oxygens (including phenoxy) is 1. The van der Waals surface area contributed by atoms with Crippen molar-refractivity contribution in [1.29, 1.82) is 0 Å². The Morgan fingerprint density at radius 1 is 0.958 bits per heavy atom. The Hall–Kier alpha value is -2.82. The Morgan fingerprint density at radius 2 is 1.62 bits per heavy atom. The SMILES string of the molecule is COC(=O)c1ccc(C)c(NC(=O)CNc2cc(C)ccc2C)c1. The highest BCUT2D eigenvalue weighted by Gasteiger charge is 2.10. The van der Waals surface area contributed by atoms with Gasteiger partial charge < -0.3 is 15.4 Å². The van der Waals surface area contributed by atoms with Crippen LogP contribution in [0.15, 0.2) is 36.4 Å². The molecule has 0 aliphatic rings. The smallest absolute Gasteiger partial charge is 0.337 e. The van der Waals surface area contributed by atoms with Gasteiger partial charge in [-0.3, -0.25) is 4.79 Å². The number of carbonyl (C=O) groups is 2. The summed E-state index contributed by atoms with van der Waals surface area (Å²) < 4.78 is 4.70. The van der Waals surface area contributed by atoms with E-state index in [1.807, 2.05) is 39.0 Å². The van der Waals surface area contributed by atoms with Gasteiger partial charge in [-0.2, -0.15) is 0 Å². The Kier molecular flexibility index (Phi) is 5.58. The number of benzene rings is 2. The van der Waals surface area contributed by atoms with Crippen LogP contribution in [0, 0.1) is 20.8 Å². The molecule has 24 heavy (non-hydrogen) atoms. The van der Waals surface area contributed by atoms with E-state index >= 15 is 0 Å². The van der Waals surface area contributed by atoms with Gasteiger partial charge in [-0.15, -0.1) is 0 Å². The first kappa shape index (κ1) is 17.5. The van der Waals surface area contributed by atoms with E-state index in [0.29, 0.717) is 11.3 Å². The average molecular weight is 326 g/mol. The van der Waals surface area contributed by atoms with Crippen molar-refractivity contribution in [2.24, 2.45) is 0 Å². The van der Waals surface area contributed by atoms with E-state index in [-0.39, 0.29) is 12.5 Å². The first-order valence-electron chi connectivity index (χ1n) is 7.70. The molecular formula is C19H22N2O3. The number of nitrogens with one attached hydrogen (secondary N) is 2. The van der Waals surface area contributed by atoms with Crippen LogP contribution in [0.1, 0.15) is 27.0 Å². The highest BCUT2D eigenvalue weighted by Crippen LogP contribution is 2.18. The zero-order chi connectivity index (χ0) is 17.7. The van der Waals surface area contributed by atoms with Crippen LogP contribution in [0.3, 0.4) is 0 Å². The molecule has 0 fully saturated rings. The monoisotopic (exact) mass is 326 g/mol. The molecule has 0 unspecified atom stereocenters. The number of esters is 1. The van der Waals surface area contributed by atoms with Crippen molar-refractivity contribution in [2.75, 3.05) is 24.3 Å². The van der Waals surface area contributed by atoms with E-state index in [0.717, 1.165) is 22.4 Å². The van der Waals surface area contributed by atoms with Crippen LogP contribution in [-0.2, 0) is 9.53 Å². The van der Waals surface area contributed by atoms with Crippen LogP contribution < -0.4 is 10.6 Å². The summed E-state index contributed by atoms with van der Waals surface area (Å²) in [6, 6.07) is 11.1. The molecule has 0 heterocycles. The largest absolute Gasteiger partial charge is 0.465 e. The second-order valence-electron chi connectivity index (χ2n) is 5.74. The van der Waals surface area contributed by atoms with E-state index in [1.165, 1.54) is 7.11 Å². The van der Waals surface area contributed by atoms with Gasteiger partial charge in [0.1, 0.15) is 0 Å². The van der Waals surface area contributed by atoms with E-state index in [4.69, 9.17) is 4.74 Å². The van der Waals surface area contributed by atoms with Gasteiger partial charge in [0.05, 0.1) is 19.2 Å². The molecule has 2 aromatic carbocycles. The zero-order valence-corrected chi connectivity index (χ0v) is 14.4. The molecule has 2 rings (SSSR count). The molecule has 126 valence electrons. The van der Waals surface area contributed by atoms with Gasteiger partial charge in [0.2, 0.25) is 5.91 Å². The number of rotatable bonds is 5. The van der Waals surface area contributed by atoms with Gasteiger partial charge in [-0.05, 0) is 55.7 Å². The maximum absolute atomic E-state index is 12.2. The number of carbonyl (C=O) groups excluding carboxylic acids is 2. The normalized spacial score (nSPS) is 10.2. The molecule has 2 aromatic rings. The molecule has 0 radical (unpaired) electrons. The third-order valence-corrected chi connectivity index (χ3v) is 3.77. The van der Waals surface area contributed by atoms with Gasteiger partial charge in [0.25, 0.3) is 0 Å². The summed E-state index contributed by atoms with van der Waals surface area (Å²) in [5, 5.41) is 5.96. The minimum Gasteiger partial charge on any atom is -0.465 e. The van der Waals surface area contributed by atoms with Crippen molar-refractivity contribution < 1.29 is 14.3 Å². The molecule has 0 bridgehead atoms. The van der Waals surface area contributed by atoms with Crippen LogP contribution in [0.5, 0.6) is 0 Å². The fourth-order valence-electron chi connectivity index (χ4n) is 2.30. The third kappa shape index (κ3) is 4.35. The molecule has 0 spiro atoms. The van der Waals surface area contributed by atoms with Crippen LogP contribution in [0.4, 0.5) is 11.4 Å². The minimum absolute atomic E-state index is 0.145. The number of hydrogen-bond acceptors (Lipinski definition) is 4. The third-order valence-electron chi connectivity index (χ3n) is 3.77. The molecule has 5 heteroatoms. The van der Waals surface area contributed by atoms with Crippen molar-refractivity contribution in [3.8, 4) is 0 Å². The Balaban J connectivity index is 2.04. The number of anilines is 2. The van der Waals surface area contributed by atoms with Crippen LogP contribution >= 0.6 is 0 Å². The minimum atomic E-state index is -0.431. The van der Waals surface area contributed by atoms with Crippen molar-refractivity contribution in [1.82, 2.24) is 0 Å². The first-order chi connectivity index (χ1) is 11.4. The second-order valence-corrected chi connectivity index (χ2v) is 5.74. The predicted octanol–water partition coefficient (Wildman–Crippen LogP) is 3.45. The van der Waals surface area contributed by atoms with Gasteiger partial charge >= 0.3 is 5.97 Å². The van der Waals surface area contributed by atoms with Crippen LogP contribution in [-0.4, -0.2) is 25.5 Å². The quantitative estimate of drug-likeness (QED) is 0.826. The summed E-state index contributed by atoms with van der Waals surface area (Å²) in [5.74, 6) is -0.611. The van der Waals surface area contributed by atoms with E-state index in [2.05, 4.69) is 10.6 Å². The van der Waals surface area contributed by atoms with Gasteiger partial charge in [0.15, 0.2) is 0 Å². The Bertz CT molecular complexity index is 769. The van der Waals surface area contributed by atoms with Crippen LogP contribution in [0.25, 0.3) is 0 Å². The van der Waals surface area contributed by atoms with Crippen molar-refractivity contribution in [3.63, 3.8) is 0 Å². The van der Waals surface area contributed by atoms with E-state index in [9.17, 15) is 9.59 Å². The highest BCUT2D eigenvalue weighted by atomic mass is 16.5. The maximum Gasteiger partial charge on any atom is 0.337 e. The molecule has 1 amide bonds. The second kappa shape index (κ2) is 7.64. The van der Waals surface area contributed by atoms with Gasteiger partial charge in [0, 0.05) is 11.4 Å². The van der Waals surface area contributed by atoms with Crippen molar-refractivity contribution in [3.05, 3.63) is 58.7 Å². The molecule has 0 aromatic heterocycles. The molecule has 0 atom stereocenters. The molecule has 0 aliphatic heterocycles. The number of amides is 1. The first-order valence-corrected chi connectivity index (χ1v) is 7.70. The average Bonchev–Trinajstić information content (AvgIpc) is 2.57. The lowest BCUT2D eigenvalue weighted by molar-refractivity contribution is -0.114. The standard InChI is InChI=1S/C19H22N2O3/c1-12-5-6-13(2)16(9-12)20-11-18(22)21-17-10-15(19(23)24-4)8-7-14(17)3/h5-10,20H,11H2,1-4H3,(H,21,22). The van der Waals surface area contributed by atoms with E-state index < -0.39 is 5.97 Å². The molecule has 0 saturated carbocycles. The molecule has 2 N–H and O–H groups in total. The summed E-state index contributed by atoms with van der Waals surface area (Å²) >= 11 is 0. The lowest BCUT2D eigenvalue weighted by Gasteiger charge is -2.12. The Labute approximate surface area is 142 Å². The predicted molar refractivity (Wildman–Crippen MR) is 95.6 cm³/mol. The molecule has 0 saturated heterocycles. The summed E-state index contributed by atoms with van der Waals surface area (Å²) in [5.41, 5.74) is 5.03. The lowest BCUT2D eigenvalue weighted by atomic mass is 10.1. The van der Waals surface area contributed by atoms with Crippen LogP contribution in [0.2, 0.25) is 0 Å². The fraction of sp³-hybridized carbons (Fsp3) is 0.263. The van der Waals surface area contributed by atoms with Gasteiger partial charge in [-0.1, -0.05) is 18.2 Å². The number of aryl methyl sites for hydroxylation is 3. The highest BCUT2D eigenvalue weighted by molar-refractivity contribution is 5.97. The van der Waals surface area contributed by atoms with Crippen molar-refractivity contribution >= 4 is 23.3 Å². The summed E-state index contributed by atoms with van der Waals surface area (Å²) in [6.45, 7) is 6.01. The topological polar surface area (TPSA) is 67.4 Å². The molecular weight excluding hydrogens is 304 g/mol. The maximum atomic E-state index is 12.2. The fourth-order valence-corrected chi connectivity index (χ4v) is 2.30. The van der Waals surface area contributed by atoms with Gasteiger partial charge in [-0.25, -0.2) is 4.79 Å². The number of methoxy groups -OCH3 is 1. The molecule has 5 nitrogen and oxygen atoms in total. The molecule has 0 aliphatic carbocycles. The summed E-state index contributed by atoms with van der Waals surface area (Å²) in [4.78, 5) is 23.8. The zero-order valence-electron chi connectivity index (χ0n) is 14.4. The number of hydrogen-bond donors (Lipinski definition) is 2. The summed E-state index contributed by atoms with van der Waals surface area (Å²) in [7, 11) is 1.33. The van der Waals surface area contributed by atoms with Crippen molar-refractivity contribution in [2.45, 2.75) is 20.8 Å². The summed E-state index contributed by atoms with van der Waals surface area (Å²) in [6.07, 6.45) is 0.